The lowest BCUT2D eigenvalue weighted by Gasteiger charge is -2.18. The fourth-order valence-corrected chi connectivity index (χ4v) is 1.39. The summed E-state index contributed by atoms with van der Waals surface area (Å²) in [4.78, 5) is 10.3. The van der Waals surface area contributed by atoms with Crippen molar-refractivity contribution in [2.24, 2.45) is 0 Å². The standard InChI is InChI=1S/C10H16ClN3O/c1-4-15-6-5-14(3)10-7-9(11)12-8(2)13-10/h7H,4-6H2,1-3H3. The van der Waals surface area contributed by atoms with Gasteiger partial charge in [-0.05, 0) is 13.8 Å². The minimum atomic E-state index is 0.473. The Balaban J connectivity index is 2.60. The van der Waals surface area contributed by atoms with Gasteiger partial charge in [0.1, 0.15) is 16.8 Å². The Labute approximate surface area is 95.2 Å². The zero-order valence-electron chi connectivity index (χ0n) is 9.33. The van der Waals surface area contributed by atoms with E-state index < -0.39 is 0 Å². The summed E-state index contributed by atoms with van der Waals surface area (Å²) in [5.74, 6) is 1.51. The van der Waals surface area contributed by atoms with Crippen LogP contribution in [0.3, 0.4) is 0 Å². The van der Waals surface area contributed by atoms with Crippen LogP contribution in [-0.4, -0.2) is 36.8 Å². The van der Waals surface area contributed by atoms with E-state index >= 15 is 0 Å². The predicted octanol–water partition coefficient (Wildman–Crippen LogP) is 1.91. The number of aromatic nitrogens is 2. The Kier molecular flexibility index (Phi) is 4.78. The third-order valence-corrected chi connectivity index (χ3v) is 2.15. The highest BCUT2D eigenvalue weighted by Crippen LogP contribution is 2.14. The fraction of sp³-hybridized carbons (Fsp3) is 0.600. The Morgan fingerprint density at radius 1 is 1.47 bits per heavy atom. The molecule has 4 nitrogen and oxygen atoms in total. The first kappa shape index (κ1) is 12.2. The maximum absolute atomic E-state index is 5.85. The molecule has 84 valence electrons. The third kappa shape index (κ3) is 4.01. The minimum absolute atomic E-state index is 0.473. The highest BCUT2D eigenvalue weighted by atomic mass is 35.5. The van der Waals surface area contributed by atoms with Gasteiger partial charge in [0, 0.05) is 26.3 Å². The van der Waals surface area contributed by atoms with Crippen molar-refractivity contribution in [1.82, 2.24) is 9.97 Å². The molecule has 0 bridgehead atoms. The van der Waals surface area contributed by atoms with Gasteiger partial charge in [-0.1, -0.05) is 11.6 Å². The van der Waals surface area contributed by atoms with E-state index in [4.69, 9.17) is 16.3 Å². The lowest BCUT2D eigenvalue weighted by atomic mass is 10.5. The average molecular weight is 230 g/mol. The van der Waals surface area contributed by atoms with E-state index in [1.54, 1.807) is 6.07 Å². The zero-order chi connectivity index (χ0) is 11.3. The van der Waals surface area contributed by atoms with Crippen LogP contribution in [0.2, 0.25) is 5.15 Å². The molecule has 15 heavy (non-hydrogen) atoms. The van der Waals surface area contributed by atoms with Crippen molar-refractivity contribution in [3.05, 3.63) is 17.0 Å². The molecule has 0 atom stereocenters. The summed E-state index contributed by atoms with van der Waals surface area (Å²) in [6.45, 7) is 6.02. The van der Waals surface area contributed by atoms with Crippen LogP contribution in [0.25, 0.3) is 0 Å². The molecule has 1 rings (SSSR count). The topological polar surface area (TPSA) is 38.2 Å². The molecule has 0 unspecified atom stereocenters. The van der Waals surface area contributed by atoms with E-state index in [0.717, 1.165) is 19.0 Å². The van der Waals surface area contributed by atoms with Crippen LogP contribution < -0.4 is 4.90 Å². The molecular formula is C10H16ClN3O. The summed E-state index contributed by atoms with van der Waals surface area (Å²) >= 11 is 5.85. The summed E-state index contributed by atoms with van der Waals surface area (Å²) in [7, 11) is 1.96. The number of nitrogens with zero attached hydrogens (tertiary/aromatic N) is 3. The van der Waals surface area contributed by atoms with Crippen molar-refractivity contribution < 1.29 is 4.74 Å². The number of aryl methyl sites for hydroxylation is 1. The van der Waals surface area contributed by atoms with Crippen molar-refractivity contribution in [3.63, 3.8) is 0 Å². The lowest BCUT2D eigenvalue weighted by Crippen LogP contribution is -2.23. The molecule has 1 aromatic rings. The Morgan fingerprint density at radius 2 is 2.20 bits per heavy atom. The summed E-state index contributed by atoms with van der Waals surface area (Å²) in [5.41, 5.74) is 0. The monoisotopic (exact) mass is 229 g/mol. The predicted molar refractivity (Wildman–Crippen MR) is 61.5 cm³/mol. The Hall–Kier alpha value is -0.870. The molecule has 0 fully saturated rings. The summed E-state index contributed by atoms with van der Waals surface area (Å²) < 4.78 is 5.27. The number of rotatable bonds is 5. The van der Waals surface area contributed by atoms with Crippen LogP contribution in [-0.2, 0) is 4.74 Å². The molecule has 0 radical (unpaired) electrons. The van der Waals surface area contributed by atoms with Gasteiger partial charge in [0.05, 0.1) is 6.61 Å². The third-order valence-electron chi connectivity index (χ3n) is 1.96. The molecule has 5 heteroatoms. The maximum atomic E-state index is 5.85. The number of hydrogen-bond donors (Lipinski definition) is 0. The molecular weight excluding hydrogens is 214 g/mol. The maximum Gasteiger partial charge on any atom is 0.134 e. The van der Waals surface area contributed by atoms with Gasteiger partial charge in [-0.3, -0.25) is 0 Å². The number of hydrogen-bond acceptors (Lipinski definition) is 4. The molecule has 0 aliphatic rings. The van der Waals surface area contributed by atoms with Crippen LogP contribution in [0.4, 0.5) is 5.82 Å². The lowest BCUT2D eigenvalue weighted by molar-refractivity contribution is 0.154. The van der Waals surface area contributed by atoms with E-state index in [2.05, 4.69) is 9.97 Å². The van der Waals surface area contributed by atoms with Crippen LogP contribution in [0.5, 0.6) is 0 Å². The fourth-order valence-electron chi connectivity index (χ4n) is 1.17. The van der Waals surface area contributed by atoms with Crippen molar-refractivity contribution in [2.45, 2.75) is 13.8 Å². The van der Waals surface area contributed by atoms with Crippen LogP contribution in [0.15, 0.2) is 6.07 Å². The average Bonchev–Trinajstić information content (AvgIpc) is 2.16. The molecule has 0 aromatic carbocycles. The van der Waals surface area contributed by atoms with Crippen LogP contribution in [0.1, 0.15) is 12.7 Å². The summed E-state index contributed by atoms with van der Waals surface area (Å²) in [6, 6.07) is 1.75. The minimum Gasteiger partial charge on any atom is -0.380 e. The van der Waals surface area contributed by atoms with Gasteiger partial charge in [0.2, 0.25) is 0 Å². The molecule has 0 aliphatic heterocycles. The van der Waals surface area contributed by atoms with E-state index in [0.29, 0.717) is 17.6 Å². The van der Waals surface area contributed by atoms with Gasteiger partial charge in [-0.25, -0.2) is 9.97 Å². The van der Waals surface area contributed by atoms with Crippen molar-refractivity contribution in [2.75, 3.05) is 31.7 Å². The van der Waals surface area contributed by atoms with Gasteiger partial charge >= 0.3 is 0 Å². The van der Waals surface area contributed by atoms with E-state index in [1.165, 1.54) is 0 Å². The van der Waals surface area contributed by atoms with Gasteiger partial charge in [-0.2, -0.15) is 0 Å². The molecule has 0 N–H and O–H groups in total. The van der Waals surface area contributed by atoms with Gasteiger partial charge in [-0.15, -0.1) is 0 Å². The van der Waals surface area contributed by atoms with Gasteiger partial charge < -0.3 is 9.64 Å². The molecule has 1 aromatic heterocycles. The van der Waals surface area contributed by atoms with Gasteiger partial charge in [0.15, 0.2) is 0 Å². The molecule has 0 saturated heterocycles. The van der Waals surface area contributed by atoms with Crippen molar-refractivity contribution in [1.29, 1.82) is 0 Å². The second kappa shape index (κ2) is 5.88. The Bertz CT molecular complexity index is 299. The molecule has 1 heterocycles. The van der Waals surface area contributed by atoms with E-state index in [9.17, 15) is 0 Å². The normalized spacial score (nSPS) is 10.4. The summed E-state index contributed by atoms with van der Waals surface area (Å²) in [6.07, 6.45) is 0. The first-order valence-corrected chi connectivity index (χ1v) is 5.31. The number of anilines is 1. The van der Waals surface area contributed by atoms with E-state index in [1.807, 2.05) is 25.8 Å². The second-order valence-corrected chi connectivity index (χ2v) is 3.60. The van der Waals surface area contributed by atoms with Crippen molar-refractivity contribution >= 4 is 17.4 Å². The molecule has 0 amide bonds. The zero-order valence-corrected chi connectivity index (χ0v) is 10.1. The van der Waals surface area contributed by atoms with Crippen LogP contribution >= 0.6 is 11.6 Å². The highest BCUT2D eigenvalue weighted by Gasteiger charge is 2.04. The SMILES string of the molecule is CCOCCN(C)c1cc(Cl)nc(C)n1. The number of ether oxygens (including phenoxy) is 1. The quantitative estimate of drug-likeness (QED) is 0.571. The molecule has 0 aliphatic carbocycles. The molecule has 0 saturated carbocycles. The highest BCUT2D eigenvalue weighted by molar-refractivity contribution is 6.29. The second-order valence-electron chi connectivity index (χ2n) is 3.21. The molecule has 0 spiro atoms. The smallest absolute Gasteiger partial charge is 0.134 e. The number of likely N-dealkylation sites (N-methyl/N-ethyl adjacent to an activating group) is 1. The van der Waals surface area contributed by atoms with Crippen LogP contribution in [0, 0.1) is 6.92 Å². The number of halogens is 1. The largest absolute Gasteiger partial charge is 0.380 e. The van der Waals surface area contributed by atoms with E-state index in [-0.39, 0.29) is 0 Å². The van der Waals surface area contributed by atoms with Gasteiger partial charge in [0.25, 0.3) is 0 Å². The first-order valence-electron chi connectivity index (χ1n) is 4.93. The van der Waals surface area contributed by atoms with Crippen molar-refractivity contribution in [3.8, 4) is 0 Å². The summed E-state index contributed by atoms with van der Waals surface area (Å²) in [5, 5.41) is 0.473. The Morgan fingerprint density at radius 3 is 2.80 bits per heavy atom. The first-order chi connectivity index (χ1) is 7.13.